The number of hydrogen-bond donors (Lipinski definition) is 2. The van der Waals surface area contributed by atoms with Gasteiger partial charge in [-0.25, -0.2) is 0 Å². The van der Waals surface area contributed by atoms with Crippen molar-refractivity contribution in [2.24, 2.45) is 10.7 Å². The van der Waals surface area contributed by atoms with E-state index in [9.17, 15) is 4.79 Å². The summed E-state index contributed by atoms with van der Waals surface area (Å²) in [4.78, 5) is 16.2. The number of nitrogens with one attached hydrogen (secondary N) is 1. The number of carbonyl (C=O) groups excluding carboxylic acids is 1. The van der Waals surface area contributed by atoms with E-state index in [1.54, 1.807) is 0 Å². The maximum atomic E-state index is 11.8. The van der Waals surface area contributed by atoms with E-state index >= 15 is 0 Å². The third-order valence-corrected chi connectivity index (χ3v) is 3.02. The minimum Gasteiger partial charge on any atom is -0.322 e. The number of carbonyl (C=O) groups is 1. The molecule has 1 aliphatic heterocycles. The van der Waals surface area contributed by atoms with Gasteiger partial charge in [-0.05, 0) is 6.07 Å². The molecular weight excluding hydrogens is 238 g/mol. The van der Waals surface area contributed by atoms with Crippen molar-refractivity contribution in [2.45, 2.75) is 6.17 Å². The maximum absolute atomic E-state index is 11.8. The predicted octanol–water partition coefficient (Wildman–Crippen LogP) is 1.76. The minimum atomic E-state index is -0.886. The van der Waals surface area contributed by atoms with Gasteiger partial charge in [0.2, 0.25) is 0 Å². The van der Waals surface area contributed by atoms with Crippen molar-refractivity contribution in [3.8, 4) is 0 Å². The molecule has 2 aromatic rings. The van der Waals surface area contributed by atoms with Crippen molar-refractivity contribution in [1.82, 2.24) is 0 Å². The van der Waals surface area contributed by atoms with E-state index in [4.69, 9.17) is 5.73 Å². The number of aliphatic imine (C=N–C) groups is 1. The van der Waals surface area contributed by atoms with Gasteiger partial charge in [0.05, 0.1) is 11.4 Å². The third-order valence-electron chi connectivity index (χ3n) is 3.02. The number of benzodiazepines with no additional fused rings is 1. The molecule has 2 aromatic carbocycles. The first kappa shape index (κ1) is 11.6. The monoisotopic (exact) mass is 251 g/mol. The molecule has 0 aromatic heterocycles. The molecule has 0 fully saturated rings. The van der Waals surface area contributed by atoms with Crippen LogP contribution in [-0.4, -0.2) is 17.8 Å². The molecule has 19 heavy (non-hydrogen) atoms. The SMILES string of the molecule is N[C@@H]1N=C(c2ccccc2)c2ccccc2NC1=O. The summed E-state index contributed by atoms with van der Waals surface area (Å²) < 4.78 is 0. The van der Waals surface area contributed by atoms with E-state index in [0.29, 0.717) is 0 Å². The molecule has 0 radical (unpaired) electrons. The number of para-hydroxylation sites is 1. The smallest absolute Gasteiger partial charge is 0.263 e. The van der Waals surface area contributed by atoms with Crippen LogP contribution in [0.2, 0.25) is 0 Å². The van der Waals surface area contributed by atoms with E-state index in [0.717, 1.165) is 22.5 Å². The number of anilines is 1. The number of nitrogens with two attached hydrogens (primary N) is 1. The van der Waals surface area contributed by atoms with Crippen LogP contribution in [0.3, 0.4) is 0 Å². The van der Waals surface area contributed by atoms with Crippen molar-refractivity contribution in [3.63, 3.8) is 0 Å². The summed E-state index contributed by atoms with van der Waals surface area (Å²) in [5, 5.41) is 2.79. The molecule has 94 valence electrons. The third kappa shape index (κ3) is 2.13. The van der Waals surface area contributed by atoms with Gasteiger partial charge in [-0.15, -0.1) is 0 Å². The number of amides is 1. The molecule has 0 unspecified atom stereocenters. The molecule has 4 nitrogen and oxygen atoms in total. The Morgan fingerprint density at radius 1 is 1.00 bits per heavy atom. The number of rotatable bonds is 1. The molecule has 1 atom stereocenters. The van der Waals surface area contributed by atoms with Crippen LogP contribution < -0.4 is 11.1 Å². The van der Waals surface area contributed by atoms with Crippen LogP contribution in [-0.2, 0) is 4.79 Å². The number of hydrogen-bond acceptors (Lipinski definition) is 3. The van der Waals surface area contributed by atoms with Gasteiger partial charge >= 0.3 is 0 Å². The van der Waals surface area contributed by atoms with Gasteiger partial charge in [0.25, 0.3) is 5.91 Å². The van der Waals surface area contributed by atoms with Crippen molar-refractivity contribution in [3.05, 3.63) is 65.7 Å². The van der Waals surface area contributed by atoms with Gasteiger partial charge in [-0.1, -0.05) is 48.5 Å². The first-order valence-electron chi connectivity index (χ1n) is 6.05. The minimum absolute atomic E-state index is 0.293. The first-order chi connectivity index (χ1) is 9.25. The van der Waals surface area contributed by atoms with E-state index in [2.05, 4.69) is 10.3 Å². The zero-order chi connectivity index (χ0) is 13.2. The zero-order valence-corrected chi connectivity index (χ0v) is 10.2. The molecule has 4 heteroatoms. The summed E-state index contributed by atoms with van der Waals surface area (Å²) in [6.45, 7) is 0. The molecule has 3 N–H and O–H groups in total. The van der Waals surface area contributed by atoms with Crippen molar-refractivity contribution < 1.29 is 4.79 Å². The molecule has 1 amide bonds. The molecule has 1 aliphatic rings. The fraction of sp³-hybridized carbons (Fsp3) is 0.0667. The highest BCUT2D eigenvalue weighted by molar-refractivity contribution is 6.19. The van der Waals surface area contributed by atoms with E-state index in [1.165, 1.54) is 0 Å². The van der Waals surface area contributed by atoms with Crippen molar-refractivity contribution in [2.75, 3.05) is 5.32 Å². The highest BCUT2D eigenvalue weighted by atomic mass is 16.2. The Bertz CT molecular complexity index is 649. The van der Waals surface area contributed by atoms with Gasteiger partial charge in [0.1, 0.15) is 0 Å². The molecule has 0 bridgehead atoms. The van der Waals surface area contributed by atoms with Gasteiger partial charge in [0, 0.05) is 11.1 Å². The lowest BCUT2D eigenvalue weighted by molar-refractivity contribution is -0.117. The average molecular weight is 251 g/mol. The lowest BCUT2D eigenvalue weighted by atomic mass is 10.0. The molecule has 1 heterocycles. The summed E-state index contributed by atoms with van der Waals surface area (Å²) >= 11 is 0. The summed E-state index contributed by atoms with van der Waals surface area (Å²) in [5.41, 5.74) is 9.09. The number of nitrogens with zero attached hydrogens (tertiary/aromatic N) is 1. The second-order valence-corrected chi connectivity index (χ2v) is 4.32. The van der Waals surface area contributed by atoms with E-state index < -0.39 is 6.17 Å². The van der Waals surface area contributed by atoms with E-state index in [-0.39, 0.29) is 5.91 Å². The lowest BCUT2D eigenvalue weighted by Crippen LogP contribution is -2.33. The maximum Gasteiger partial charge on any atom is 0.263 e. The predicted molar refractivity (Wildman–Crippen MR) is 75.1 cm³/mol. The molecule has 0 spiro atoms. The van der Waals surface area contributed by atoms with E-state index in [1.807, 2.05) is 54.6 Å². The van der Waals surface area contributed by atoms with Crippen LogP contribution in [0.15, 0.2) is 59.6 Å². The normalized spacial score (nSPS) is 18.1. The number of benzene rings is 2. The molecule has 3 rings (SSSR count). The highest BCUT2D eigenvalue weighted by Gasteiger charge is 2.22. The van der Waals surface area contributed by atoms with Gasteiger partial charge < -0.3 is 11.1 Å². The van der Waals surface area contributed by atoms with Crippen LogP contribution in [0.5, 0.6) is 0 Å². The summed E-state index contributed by atoms with van der Waals surface area (Å²) in [6, 6.07) is 17.3. The quantitative estimate of drug-likeness (QED) is 0.811. The van der Waals surface area contributed by atoms with Crippen LogP contribution in [0.1, 0.15) is 11.1 Å². The van der Waals surface area contributed by atoms with Gasteiger partial charge in [-0.3, -0.25) is 9.79 Å². The molecule has 0 aliphatic carbocycles. The molecular formula is C15H13N3O. The van der Waals surface area contributed by atoms with Crippen LogP contribution in [0.25, 0.3) is 0 Å². The van der Waals surface area contributed by atoms with Crippen molar-refractivity contribution in [1.29, 1.82) is 0 Å². The zero-order valence-electron chi connectivity index (χ0n) is 10.2. The summed E-state index contributed by atoms with van der Waals surface area (Å²) in [7, 11) is 0. The molecule has 0 saturated carbocycles. The summed E-state index contributed by atoms with van der Waals surface area (Å²) in [6.07, 6.45) is -0.886. The Hall–Kier alpha value is -2.46. The van der Waals surface area contributed by atoms with Crippen LogP contribution >= 0.6 is 0 Å². The first-order valence-corrected chi connectivity index (χ1v) is 6.05. The fourth-order valence-electron chi connectivity index (χ4n) is 2.10. The topological polar surface area (TPSA) is 67.5 Å². The number of fused-ring (bicyclic) bond motifs is 1. The average Bonchev–Trinajstić information content (AvgIpc) is 2.58. The Labute approximate surface area is 111 Å². The Balaban J connectivity index is 2.21. The lowest BCUT2D eigenvalue weighted by Gasteiger charge is -2.09. The molecule has 0 saturated heterocycles. The Morgan fingerprint density at radius 2 is 1.68 bits per heavy atom. The second-order valence-electron chi connectivity index (χ2n) is 4.32. The van der Waals surface area contributed by atoms with Crippen LogP contribution in [0.4, 0.5) is 5.69 Å². The second kappa shape index (κ2) is 4.66. The van der Waals surface area contributed by atoms with Gasteiger partial charge in [0.15, 0.2) is 6.17 Å². The highest BCUT2D eigenvalue weighted by Crippen LogP contribution is 2.22. The largest absolute Gasteiger partial charge is 0.322 e. The Kier molecular flexibility index (Phi) is 2.85. The Morgan fingerprint density at radius 3 is 2.47 bits per heavy atom. The standard InChI is InChI=1S/C15H13N3O/c16-14-15(19)17-12-9-5-4-8-11(12)13(18-14)10-6-2-1-3-7-10/h1-9,14H,16H2,(H,17,19)/t14-/m1/s1. The van der Waals surface area contributed by atoms with Crippen LogP contribution in [0, 0.1) is 0 Å². The van der Waals surface area contributed by atoms with Crippen molar-refractivity contribution >= 4 is 17.3 Å². The fourth-order valence-corrected chi connectivity index (χ4v) is 2.10. The van der Waals surface area contributed by atoms with Gasteiger partial charge in [-0.2, -0.15) is 0 Å². The summed E-state index contributed by atoms with van der Waals surface area (Å²) in [5.74, 6) is -0.293.